The monoisotopic (exact) mass is 500 g/mol. The molecule has 2 saturated heterocycles. The van der Waals surface area contributed by atoms with Gasteiger partial charge < -0.3 is 14.5 Å². The molecule has 10 heteroatoms. The van der Waals surface area contributed by atoms with Gasteiger partial charge in [0, 0.05) is 30.6 Å². The van der Waals surface area contributed by atoms with Gasteiger partial charge in [0.15, 0.2) is 0 Å². The highest BCUT2D eigenvalue weighted by Gasteiger charge is 2.52. The number of aliphatic carboxylic acids is 1. The third kappa shape index (κ3) is 6.54. The lowest BCUT2D eigenvalue weighted by Crippen LogP contribution is -2.49. The van der Waals surface area contributed by atoms with E-state index >= 15 is 0 Å². The van der Waals surface area contributed by atoms with Gasteiger partial charge in [-0.1, -0.05) is 30.3 Å². The molecule has 0 radical (unpaired) electrons. The van der Waals surface area contributed by atoms with E-state index in [-0.39, 0.29) is 16.6 Å². The van der Waals surface area contributed by atoms with Crippen molar-refractivity contribution in [2.45, 2.75) is 55.7 Å². The molecule has 32 heavy (non-hydrogen) atoms. The molecule has 1 spiro atoms. The van der Waals surface area contributed by atoms with Crippen LogP contribution in [0.1, 0.15) is 38.7 Å². The molecule has 0 saturated carbocycles. The first-order valence-corrected chi connectivity index (χ1v) is 14.9. The second-order valence-electron chi connectivity index (χ2n) is 8.24. The second kappa shape index (κ2) is 11.4. The summed E-state index contributed by atoms with van der Waals surface area (Å²) in [4.78, 5) is 26.5. The highest BCUT2D eigenvalue weighted by atomic mass is 32.2. The van der Waals surface area contributed by atoms with Gasteiger partial charge >= 0.3 is 5.97 Å². The maximum absolute atomic E-state index is 13.4. The van der Waals surface area contributed by atoms with Crippen LogP contribution in [0, 0.1) is 0 Å². The Bertz CT molecular complexity index is 835. The molecular formula is C22H33N2O5PS2. The minimum absolute atomic E-state index is 0.237. The van der Waals surface area contributed by atoms with Gasteiger partial charge in [0.1, 0.15) is 6.04 Å². The molecule has 3 rings (SSSR count). The number of carbonyl (C=O) groups is 2. The van der Waals surface area contributed by atoms with Crippen LogP contribution in [0.25, 0.3) is 0 Å². The van der Waals surface area contributed by atoms with Crippen molar-refractivity contribution in [1.29, 1.82) is 0 Å². The summed E-state index contributed by atoms with van der Waals surface area (Å²) < 4.78 is 18.7. The number of rotatable bonds is 11. The number of aryl methyl sites for hydroxylation is 1. The Morgan fingerprint density at radius 2 is 1.97 bits per heavy atom. The van der Waals surface area contributed by atoms with E-state index in [0.717, 1.165) is 24.3 Å². The number of amides is 1. The Morgan fingerprint density at radius 1 is 1.28 bits per heavy atom. The number of carbonyl (C=O) groups excluding carboxylic acids is 1. The maximum Gasteiger partial charge on any atom is 0.326 e. The number of unbranched alkanes of at least 4 members (excludes halogenated alkanes) is 1. The molecular weight excluding hydrogens is 467 g/mol. The van der Waals surface area contributed by atoms with Crippen LogP contribution in [0.4, 0.5) is 0 Å². The van der Waals surface area contributed by atoms with Gasteiger partial charge in [0.25, 0.3) is 7.52 Å². The molecule has 7 nitrogen and oxygen atoms in total. The van der Waals surface area contributed by atoms with Crippen molar-refractivity contribution in [3.63, 3.8) is 0 Å². The summed E-state index contributed by atoms with van der Waals surface area (Å²) in [5.74, 6) is 0.626. The lowest BCUT2D eigenvalue weighted by atomic mass is 10.1. The van der Waals surface area contributed by atoms with Crippen LogP contribution in [-0.4, -0.2) is 68.9 Å². The average Bonchev–Trinajstić information content (AvgIpc) is 3.39. The summed E-state index contributed by atoms with van der Waals surface area (Å²) in [6, 6.07) is 8.51. The zero-order chi connectivity index (χ0) is 23.2. The molecule has 178 valence electrons. The zero-order valence-electron chi connectivity index (χ0n) is 18.7. The SMILES string of the molecule is CCOP(=O)(CCCCc1ccccc1)N[C@@H](C)C(=O)N1CC2(CC1C(=O)O)SCCS2. The van der Waals surface area contributed by atoms with Gasteiger partial charge in [0.05, 0.1) is 16.7 Å². The highest BCUT2D eigenvalue weighted by Crippen LogP contribution is 2.52. The molecule has 2 unspecified atom stereocenters. The van der Waals surface area contributed by atoms with Gasteiger partial charge in [-0.05, 0) is 38.7 Å². The quantitative estimate of drug-likeness (QED) is 0.347. The summed E-state index contributed by atoms with van der Waals surface area (Å²) in [7, 11) is -3.22. The first-order valence-electron chi connectivity index (χ1n) is 11.1. The van der Waals surface area contributed by atoms with Crippen LogP contribution in [0.5, 0.6) is 0 Å². The predicted molar refractivity (Wildman–Crippen MR) is 131 cm³/mol. The Balaban J connectivity index is 1.58. The number of benzene rings is 1. The topological polar surface area (TPSA) is 95.9 Å². The van der Waals surface area contributed by atoms with Crippen molar-refractivity contribution < 1.29 is 23.8 Å². The highest BCUT2D eigenvalue weighted by molar-refractivity contribution is 8.21. The summed E-state index contributed by atoms with van der Waals surface area (Å²) >= 11 is 3.49. The Morgan fingerprint density at radius 3 is 2.59 bits per heavy atom. The lowest BCUT2D eigenvalue weighted by molar-refractivity contribution is -0.148. The molecule has 2 heterocycles. The van der Waals surface area contributed by atoms with Crippen molar-refractivity contribution in [2.75, 3.05) is 30.8 Å². The van der Waals surface area contributed by atoms with Crippen molar-refractivity contribution in [1.82, 2.24) is 9.99 Å². The number of likely N-dealkylation sites (tertiary alicyclic amines) is 1. The minimum Gasteiger partial charge on any atom is -0.480 e. The molecule has 2 N–H and O–H groups in total. The first kappa shape index (κ1) is 25.6. The summed E-state index contributed by atoms with van der Waals surface area (Å²) in [5, 5.41) is 12.6. The molecule has 0 aliphatic carbocycles. The van der Waals surface area contributed by atoms with E-state index in [0.29, 0.717) is 25.5 Å². The molecule has 2 fully saturated rings. The fourth-order valence-electron chi connectivity index (χ4n) is 4.27. The van der Waals surface area contributed by atoms with Crippen molar-refractivity contribution in [3.8, 4) is 0 Å². The molecule has 1 aromatic rings. The number of hydrogen-bond acceptors (Lipinski definition) is 6. The van der Waals surface area contributed by atoms with E-state index in [1.54, 1.807) is 37.4 Å². The first-order chi connectivity index (χ1) is 15.3. The Hall–Kier alpha value is -0.990. The summed E-state index contributed by atoms with van der Waals surface area (Å²) in [6.45, 7) is 4.11. The van der Waals surface area contributed by atoms with Crippen LogP contribution in [0.15, 0.2) is 30.3 Å². The van der Waals surface area contributed by atoms with E-state index in [1.807, 2.05) is 18.2 Å². The van der Waals surface area contributed by atoms with E-state index in [4.69, 9.17) is 4.52 Å². The number of carboxylic acid groups (broad SMARTS) is 1. The molecule has 0 aromatic heterocycles. The Labute approximate surface area is 198 Å². The molecule has 2 aliphatic rings. The number of nitrogens with zero attached hydrogens (tertiary/aromatic N) is 1. The van der Waals surface area contributed by atoms with E-state index in [1.165, 1.54) is 10.5 Å². The van der Waals surface area contributed by atoms with Crippen LogP contribution in [0.2, 0.25) is 0 Å². The van der Waals surface area contributed by atoms with Gasteiger partial charge in [-0.2, -0.15) is 0 Å². The van der Waals surface area contributed by atoms with Gasteiger partial charge in [0.2, 0.25) is 5.91 Å². The smallest absolute Gasteiger partial charge is 0.326 e. The number of hydrogen-bond donors (Lipinski definition) is 2. The van der Waals surface area contributed by atoms with Crippen LogP contribution >= 0.6 is 31.0 Å². The van der Waals surface area contributed by atoms with Gasteiger partial charge in [-0.25, -0.2) is 9.88 Å². The number of thioether (sulfide) groups is 2. The lowest BCUT2D eigenvalue weighted by Gasteiger charge is -2.28. The Kier molecular flexibility index (Phi) is 9.15. The maximum atomic E-state index is 13.4. The molecule has 3 atom stereocenters. The fourth-order valence-corrected chi connectivity index (χ4v) is 9.61. The van der Waals surface area contributed by atoms with Crippen LogP contribution in [0.3, 0.4) is 0 Å². The minimum atomic E-state index is -3.22. The summed E-state index contributed by atoms with van der Waals surface area (Å²) in [5.41, 5.74) is 1.24. The van der Waals surface area contributed by atoms with Crippen molar-refractivity contribution >= 4 is 42.9 Å². The van der Waals surface area contributed by atoms with Gasteiger partial charge in [-0.3, -0.25) is 9.36 Å². The van der Waals surface area contributed by atoms with E-state index in [2.05, 4.69) is 17.2 Å². The van der Waals surface area contributed by atoms with E-state index in [9.17, 15) is 19.3 Å². The second-order valence-corrected chi connectivity index (χ2v) is 13.8. The van der Waals surface area contributed by atoms with Crippen LogP contribution in [-0.2, 0) is 25.1 Å². The predicted octanol–water partition coefficient (Wildman–Crippen LogP) is 4.08. The number of nitrogens with one attached hydrogen (secondary N) is 1. The third-order valence-corrected chi connectivity index (χ3v) is 11.6. The number of carboxylic acids is 1. The van der Waals surface area contributed by atoms with Crippen molar-refractivity contribution in [3.05, 3.63) is 35.9 Å². The molecule has 2 aliphatic heterocycles. The van der Waals surface area contributed by atoms with Gasteiger partial charge in [-0.15, -0.1) is 23.5 Å². The largest absolute Gasteiger partial charge is 0.480 e. The van der Waals surface area contributed by atoms with E-state index < -0.39 is 25.6 Å². The van der Waals surface area contributed by atoms with Crippen LogP contribution < -0.4 is 5.09 Å². The summed E-state index contributed by atoms with van der Waals surface area (Å²) in [6.07, 6.45) is 3.25. The standard InChI is InChI=1S/C22H33N2O5PS2/c1-3-29-30(28,12-8-7-11-18-9-5-4-6-10-18)23-17(2)20(25)24-16-22(31-13-14-32-22)15-19(24)21(26)27/h4-6,9-10,17,19H,3,7-8,11-16H2,1-2H3,(H,23,28)(H,26,27)/t17-,19?,30?/m0/s1. The molecule has 1 amide bonds. The molecule has 1 aromatic carbocycles. The average molecular weight is 501 g/mol. The fraction of sp³-hybridized carbons (Fsp3) is 0.636. The zero-order valence-corrected chi connectivity index (χ0v) is 21.2. The molecule has 0 bridgehead atoms. The van der Waals surface area contributed by atoms with Crippen molar-refractivity contribution in [2.24, 2.45) is 0 Å². The third-order valence-electron chi connectivity index (χ3n) is 5.78. The normalized spacial score (nSPS) is 22.7.